The van der Waals surface area contributed by atoms with Gasteiger partial charge in [-0.2, -0.15) is 0 Å². The Morgan fingerprint density at radius 2 is 2.00 bits per heavy atom. The average Bonchev–Trinajstić information content (AvgIpc) is 3.25. The molecule has 2 heterocycles. The molecule has 27 heavy (non-hydrogen) atoms. The summed E-state index contributed by atoms with van der Waals surface area (Å²) >= 11 is 7.81. The number of ether oxygens (including phenoxy) is 1. The summed E-state index contributed by atoms with van der Waals surface area (Å²) in [5.74, 6) is 0.143. The van der Waals surface area contributed by atoms with Crippen molar-refractivity contribution in [2.45, 2.75) is 26.4 Å². The number of rotatable bonds is 6. The lowest BCUT2D eigenvalue weighted by atomic mass is 10.1. The lowest BCUT2D eigenvalue weighted by molar-refractivity contribution is -0.125. The van der Waals surface area contributed by atoms with Crippen LogP contribution >= 0.6 is 22.9 Å². The molecule has 3 rings (SSSR count). The maximum atomic E-state index is 11.7. The molecule has 0 bridgehead atoms. The van der Waals surface area contributed by atoms with Crippen LogP contribution in [0.25, 0.3) is 10.4 Å². The Morgan fingerprint density at radius 3 is 2.67 bits per heavy atom. The third-order valence-corrected chi connectivity index (χ3v) is 5.63. The fourth-order valence-corrected chi connectivity index (χ4v) is 3.99. The number of carbonyl (C=O) groups is 3. The minimum Gasteiger partial charge on any atom is -0.486 e. The van der Waals surface area contributed by atoms with Crippen molar-refractivity contribution < 1.29 is 19.1 Å². The Morgan fingerprint density at radius 1 is 1.22 bits per heavy atom. The van der Waals surface area contributed by atoms with E-state index in [4.69, 9.17) is 16.3 Å². The fourth-order valence-electron chi connectivity index (χ4n) is 2.82. The zero-order valence-corrected chi connectivity index (χ0v) is 16.5. The number of hydrogen-bond donors (Lipinski definition) is 2. The molecule has 0 unspecified atom stereocenters. The van der Waals surface area contributed by atoms with E-state index in [0.717, 1.165) is 16.0 Å². The number of amides is 2. The summed E-state index contributed by atoms with van der Waals surface area (Å²) in [6.07, 6.45) is 0.402. The number of Topliss-reactive ketones (excluding diaryl/α,β-unsaturated/α-hetero) is 1. The molecule has 1 aliphatic heterocycles. The van der Waals surface area contributed by atoms with Gasteiger partial charge in [0.25, 0.3) is 0 Å². The van der Waals surface area contributed by atoms with Crippen LogP contribution in [0.2, 0.25) is 5.02 Å². The van der Waals surface area contributed by atoms with E-state index >= 15 is 0 Å². The first-order valence-corrected chi connectivity index (χ1v) is 9.64. The Kier molecular flexibility index (Phi) is 5.82. The molecule has 1 atom stereocenters. The quantitative estimate of drug-likeness (QED) is 0.722. The standard InChI is InChI=1S/C19H19ClN2O4S/c1-10(23)16-3-4-17(27-16)12-5-13-6-14(26-19(13)15(20)7-12)8-22-18(25)9-21-11(2)24/h3-5,7,14H,6,8-9H2,1-2H3,(H,21,24)(H,22,25)/t14-/m0/s1. The van der Waals surface area contributed by atoms with E-state index in [-0.39, 0.29) is 30.2 Å². The normalized spacial score (nSPS) is 15.0. The number of fused-ring (bicyclic) bond motifs is 1. The molecule has 0 saturated carbocycles. The van der Waals surface area contributed by atoms with Crippen LogP contribution in [-0.4, -0.2) is 36.8 Å². The fraction of sp³-hybridized carbons (Fsp3) is 0.316. The Bertz CT molecular complexity index is 909. The van der Waals surface area contributed by atoms with Crippen molar-refractivity contribution >= 4 is 40.5 Å². The zero-order valence-electron chi connectivity index (χ0n) is 14.9. The molecule has 0 fully saturated rings. The van der Waals surface area contributed by atoms with Crippen molar-refractivity contribution in [3.8, 4) is 16.2 Å². The Hall–Kier alpha value is -2.38. The smallest absolute Gasteiger partial charge is 0.239 e. The van der Waals surface area contributed by atoms with Gasteiger partial charge in [0.15, 0.2) is 5.78 Å². The molecule has 0 radical (unpaired) electrons. The molecular formula is C19H19ClN2O4S. The lowest BCUT2D eigenvalue weighted by Gasteiger charge is -2.12. The number of carbonyl (C=O) groups excluding carboxylic acids is 3. The zero-order chi connectivity index (χ0) is 19.6. The summed E-state index contributed by atoms with van der Waals surface area (Å²) in [5.41, 5.74) is 1.91. The highest BCUT2D eigenvalue weighted by molar-refractivity contribution is 7.17. The molecule has 8 heteroatoms. The molecule has 0 saturated heterocycles. The lowest BCUT2D eigenvalue weighted by Crippen LogP contribution is -2.40. The summed E-state index contributed by atoms with van der Waals surface area (Å²) < 4.78 is 5.86. The predicted molar refractivity (Wildman–Crippen MR) is 105 cm³/mol. The van der Waals surface area contributed by atoms with Gasteiger partial charge in [-0.25, -0.2) is 0 Å². The number of ketones is 1. The second-order valence-corrected chi connectivity index (χ2v) is 7.82. The highest BCUT2D eigenvalue weighted by Crippen LogP contribution is 2.41. The molecule has 1 aromatic carbocycles. The van der Waals surface area contributed by atoms with E-state index in [1.807, 2.05) is 24.3 Å². The van der Waals surface area contributed by atoms with Crippen molar-refractivity contribution in [2.75, 3.05) is 13.1 Å². The number of nitrogens with one attached hydrogen (secondary N) is 2. The maximum Gasteiger partial charge on any atom is 0.239 e. The van der Waals surface area contributed by atoms with Crippen molar-refractivity contribution in [2.24, 2.45) is 0 Å². The van der Waals surface area contributed by atoms with Crippen molar-refractivity contribution in [1.82, 2.24) is 10.6 Å². The molecule has 2 aromatic rings. The highest BCUT2D eigenvalue weighted by atomic mass is 35.5. The molecular weight excluding hydrogens is 388 g/mol. The van der Waals surface area contributed by atoms with E-state index < -0.39 is 0 Å². The van der Waals surface area contributed by atoms with Gasteiger partial charge in [-0.1, -0.05) is 11.6 Å². The number of benzene rings is 1. The van der Waals surface area contributed by atoms with E-state index in [1.54, 1.807) is 6.92 Å². The van der Waals surface area contributed by atoms with Crippen LogP contribution in [0.1, 0.15) is 29.1 Å². The SMILES string of the molecule is CC(=O)NCC(=O)NC[C@@H]1Cc2cc(-c3ccc(C(C)=O)s3)cc(Cl)c2O1. The molecule has 1 aliphatic rings. The van der Waals surface area contributed by atoms with E-state index in [9.17, 15) is 14.4 Å². The maximum absolute atomic E-state index is 11.7. The van der Waals surface area contributed by atoms with Gasteiger partial charge < -0.3 is 15.4 Å². The van der Waals surface area contributed by atoms with Gasteiger partial charge in [0.1, 0.15) is 11.9 Å². The predicted octanol–water partition coefficient (Wildman–Crippen LogP) is 2.83. The first kappa shape index (κ1) is 19.4. The van der Waals surface area contributed by atoms with E-state index in [2.05, 4.69) is 10.6 Å². The minimum absolute atomic E-state index is 0.0388. The topological polar surface area (TPSA) is 84.5 Å². The summed E-state index contributed by atoms with van der Waals surface area (Å²) in [5, 5.41) is 5.69. The van der Waals surface area contributed by atoms with Gasteiger partial charge in [0, 0.05) is 23.8 Å². The van der Waals surface area contributed by atoms with Crippen LogP contribution in [0, 0.1) is 0 Å². The first-order chi connectivity index (χ1) is 12.8. The van der Waals surface area contributed by atoms with E-state index in [1.165, 1.54) is 18.3 Å². The Labute approximate surface area is 165 Å². The van der Waals surface area contributed by atoms with Crippen molar-refractivity contribution in [3.05, 3.63) is 39.7 Å². The van der Waals surface area contributed by atoms with Crippen LogP contribution < -0.4 is 15.4 Å². The summed E-state index contributed by atoms with van der Waals surface area (Å²) in [7, 11) is 0. The van der Waals surface area contributed by atoms with Gasteiger partial charge in [-0.15, -0.1) is 11.3 Å². The minimum atomic E-state index is -0.271. The van der Waals surface area contributed by atoms with Crippen LogP contribution in [0.5, 0.6) is 5.75 Å². The van der Waals surface area contributed by atoms with E-state index in [0.29, 0.717) is 28.6 Å². The number of thiophene rings is 1. The third kappa shape index (κ3) is 4.67. The molecule has 2 N–H and O–H groups in total. The summed E-state index contributed by atoms with van der Waals surface area (Å²) in [6, 6.07) is 7.56. The second-order valence-electron chi connectivity index (χ2n) is 6.32. The van der Waals surface area contributed by atoms with Crippen molar-refractivity contribution in [3.63, 3.8) is 0 Å². The molecule has 142 valence electrons. The average molecular weight is 407 g/mol. The van der Waals surface area contributed by atoms with Gasteiger partial charge in [0.05, 0.1) is 23.0 Å². The first-order valence-electron chi connectivity index (χ1n) is 8.45. The monoisotopic (exact) mass is 406 g/mol. The van der Waals surface area contributed by atoms with Gasteiger partial charge in [-0.3, -0.25) is 14.4 Å². The third-order valence-electron chi connectivity index (χ3n) is 4.11. The number of hydrogen-bond acceptors (Lipinski definition) is 5. The molecule has 0 aliphatic carbocycles. The van der Waals surface area contributed by atoms with Crippen LogP contribution in [0.3, 0.4) is 0 Å². The van der Waals surface area contributed by atoms with Crippen LogP contribution in [0.4, 0.5) is 0 Å². The molecule has 0 spiro atoms. The molecule has 2 amide bonds. The second kappa shape index (κ2) is 8.10. The Balaban J connectivity index is 1.66. The van der Waals surface area contributed by atoms with Crippen LogP contribution in [0.15, 0.2) is 24.3 Å². The highest BCUT2D eigenvalue weighted by Gasteiger charge is 2.26. The van der Waals surface area contributed by atoms with Crippen molar-refractivity contribution in [1.29, 1.82) is 0 Å². The van der Waals surface area contributed by atoms with Gasteiger partial charge >= 0.3 is 0 Å². The number of halogens is 1. The molecule has 1 aromatic heterocycles. The van der Waals surface area contributed by atoms with Gasteiger partial charge in [-0.05, 0) is 36.8 Å². The van der Waals surface area contributed by atoms with Crippen LogP contribution in [-0.2, 0) is 16.0 Å². The largest absolute Gasteiger partial charge is 0.486 e. The summed E-state index contributed by atoms with van der Waals surface area (Å²) in [6.45, 7) is 3.17. The van der Waals surface area contributed by atoms with Gasteiger partial charge in [0.2, 0.25) is 11.8 Å². The molecule has 6 nitrogen and oxygen atoms in total. The summed E-state index contributed by atoms with van der Waals surface area (Å²) in [4.78, 5) is 35.7.